The van der Waals surface area contributed by atoms with Crippen molar-refractivity contribution in [1.82, 2.24) is 4.98 Å². The predicted octanol–water partition coefficient (Wildman–Crippen LogP) is 3.37. The van der Waals surface area contributed by atoms with Crippen LogP contribution in [-0.4, -0.2) is 10.1 Å². The third-order valence-corrected chi connectivity index (χ3v) is 4.27. The summed E-state index contributed by atoms with van der Waals surface area (Å²) in [5.74, 6) is 0.878. The van der Waals surface area contributed by atoms with Crippen LogP contribution in [0.15, 0.2) is 35.7 Å². The highest BCUT2D eigenvalue weighted by atomic mass is 32.1. The molecule has 1 saturated carbocycles. The molecule has 1 unspecified atom stereocenters. The lowest BCUT2D eigenvalue weighted by atomic mass is 10.1. The third kappa shape index (κ3) is 2.98. The van der Waals surface area contributed by atoms with Crippen molar-refractivity contribution < 1.29 is 5.11 Å². The van der Waals surface area contributed by atoms with E-state index < -0.39 is 6.10 Å². The molecular formula is C15H17NOS. The molecule has 1 aromatic heterocycles. The molecule has 1 aliphatic carbocycles. The molecule has 0 aliphatic heterocycles. The number of nitrogens with zero attached hydrogens (tertiary/aromatic N) is 1. The summed E-state index contributed by atoms with van der Waals surface area (Å²) in [5, 5.41) is 13.5. The number of hydrogen-bond acceptors (Lipinski definition) is 3. The lowest BCUT2D eigenvalue weighted by molar-refractivity contribution is 0.177. The Morgan fingerprint density at radius 2 is 2.06 bits per heavy atom. The Morgan fingerprint density at radius 3 is 2.78 bits per heavy atom. The number of benzene rings is 1. The van der Waals surface area contributed by atoms with Crippen LogP contribution in [0.3, 0.4) is 0 Å². The molecule has 3 heteroatoms. The van der Waals surface area contributed by atoms with Crippen LogP contribution in [0.4, 0.5) is 0 Å². The Bertz CT molecular complexity index is 504. The number of hydrogen-bond donors (Lipinski definition) is 1. The van der Waals surface area contributed by atoms with E-state index in [1.54, 1.807) is 11.3 Å². The van der Waals surface area contributed by atoms with Gasteiger partial charge in [-0.1, -0.05) is 30.3 Å². The van der Waals surface area contributed by atoms with Crippen LogP contribution < -0.4 is 0 Å². The minimum absolute atomic E-state index is 0.443. The van der Waals surface area contributed by atoms with Crippen molar-refractivity contribution in [3.63, 3.8) is 0 Å². The second-order valence-electron chi connectivity index (χ2n) is 5.01. The van der Waals surface area contributed by atoms with Crippen LogP contribution in [0.5, 0.6) is 0 Å². The maximum atomic E-state index is 10.1. The van der Waals surface area contributed by atoms with Gasteiger partial charge < -0.3 is 5.11 Å². The molecular weight excluding hydrogens is 242 g/mol. The summed E-state index contributed by atoms with van der Waals surface area (Å²) in [6, 6.07) is 9.80. The molecule has 1 heterocycles. The lowest BCUT2D eigenvalue weighted by Gasteiger charge is -2.08. The zero-order valence-electron chi connectivity index (χ0n) is 10.2. The van der Waals surface area contributed by atoms with E-state index in [0.717, 1.165) is 23.6 Å². The first-order valence-electron chi connectivity index (χ1n) is 6.47. The highest BCUT2D eigenvalue weighted by Crippen LogP contribution is 2.33. The Labute approximate surface area is 111 Å². The molecule has 0 saturated heterocycles. The zero-order valence-corrected chi connectivity index (χ0v) is 11.1. The van der Waals surface area contributed by atoms with Crippen molar-refractivity contribution in [2.24, 2.45) is 5.92 Å². The molecule has 0 spiro atoms. The number of aromatic nitrogens is 1. The van der Waals surface area contributed by atoms with E-state index >= 15 is 0 Å². The molecule has 1 aliphatic rings. The molecule has 18 heavy (non-hydrogen) atoms. The summed E-state index contributed by atoms with van der Waals surface area (Å²) < 4.78 is 0. The highest BCUT2D eigenvalue weighted by molar-refractivity contribution is 7.09. The maximum Gasteiger partial charge on any atom is 0.0931 e. The van der Waals surface area contributed by atoms with Gasteiger partial charge in [-0.05, 0) is 24.3 Å². The lowest BCUT2D eigenvalue weighted by Crippen LogP contribution is -2.02. The van der Waals surface area contributed by atoms with E-state index in [2.05, 4.69) is 10.4 Å². The fourth-order valence-corrected chi connectivity index (χ4v) is 3.02. The van der Waals surface area contributed by atoms with E-state index in [4.69, 9.17) is 0 Å². The third-order valence-electron chi connectivity index (χ3n) is 3.35. The van der Waals surface area contributed by atoms with Gasteiger partial charge in [-0.3, -0.25) is 0 Å². The molecule has 2 aromatic rings. The molecule has 1 aromatic carbocycles. The summed E-state index contributed by atoms with van der Waals surface area (Å²) in [7, 11) is 0. The van der Waals surface area contributed by atoms with Crippen molar-refractivity contribution >= 4 is 11.3 Å². The minimum Gasteiger partial charge on any atom is -0.388 e. The van der Waals surface area contributed by atoms with Gasteiger partial charge in [0.15, 0.2) is 0 Å². The Morgan fingerprint density at radius 1 is 1.28 bits per heavy atom. The Balaban J connectivity index is 1.63. The van der Waals surface area contributed by atoms with Crippen molar-refractivity contribution in [2.45, 2.75) is 31.8 Å². The first kappa shape index (κ1) is 11.9. The molecule has 0 bridgehead atoms. The first-order valence-corrected chi connectivity index (χ1v) is 7.35. The Kier molecular flexibility index (Phi) is 3.43. The van der Waals surface area contributed by atoms with Gasteiger partial charge in [0.05, 0.1) is 16.8 Å². The van der Waals surface area contributed by atoms with Gasteiger partial charge in [0.1, 0.15) is 0 Å². The number of aliphatic hydroxyl groups excluding tert-OH is 1. The number of aliphatic hydroxyl groups is 1. The van der Waals surface area contributed by atoms with Crippen LogP contribution in [0.2, 0.25) is 0 Å². The predicted molar refractivity (Wildman–Crippen MR) is 73.6 cm³/mol. The van der Waals surface area contributed by atoms with Crippen LogP contribution in [0, 0.1) is 5.92 Å². The van der Waals surface area contributed by atoms with Crippen molar-refractivity contribution in [2.75, 3.05) is 0 Å². The van der Waals surface area contributed by atoms with Gasteiger partial charge >= 0.3 is 0 Å². The summed E-state index contributed by atoms with van der Waals surface area (Å²) in [4.78, 5) is 4.61. The van der Waals surface area contributed by atoms with Gasteiger partial charge in [0.25, 0.3) is 0 Å². The van der Waals surface area contributed by atoms with Crippen LogP contribution in [-0.2, 0) is 12.8 Å². The molecule has 2 nitrogen and oxygen atoms in total. The topological polar surface area (TPSA) is 33.1 Å². The van der Waals surface area contributed by atoms with Crippen LogP contribution >= 0.6 is 11.3 Å². The molecule has 3 rings (SSSR count). The molecule has 0 amide bonds. The van der Waals surface area contributed by atoms with E-state index in [1.165, 1.54) is 17.8 Å². The molecule has 94 valence electrons. The smallest absolute Gasteiger partial charge is 0.0931 e. The SMILES string of the molecule is OC(Cc1csc(CC2CC2)n1)c1ccccc1. The highest BCUT2D eigenvalue weighted by Gasteiger charge is 2.23. The zero-order chi connectivity index (χ0) is 12.4. The average molecular weight is 259 g/mol. The van der Waals surface area contributed by atoms with Gasteiger partial charge in [0, 0.05) is 18.2 Å². The summed E-state index contributed by atoms with van der Waals surface area (Å²) in [5.41, 5.74) is 1.99. The van der Waals surface area contributed by atoms with Crippen LogP contribution in [0.1, 0.15) is 35.2 Å². The van der Waals surface area contributed by atoms with Crippen molar-refractivity contribution in [3.8, 4) is 0 Å². The number of thiazole rings is 1. The van der Waals surface area contributed by atoms with E-state index in [1.807, 2.05) is 30.3 Å². The van der Waals surface area contributed by atoms with E-state index in [9.17, 15) is 5.11 Å². The average Bonchev–Trinajstić information content (AvgIpc) is 3.10. The van der Waals surface area contributed by atoms with Crippen molar-refractivity contribution in [3.05, 3.63) is 52.0 Å². The molecule has 0 radical (unpaired) electrons. The molecule has 1 atom stereocenters. The molecule has 1 N–H and O–H groups in total. The second-order valence-corrected chi connectivity index (χ2v) is 5.95. The summed E-state index contributed by atoms with van der Waals surface area (Å²) in [6.07, 6.45) is 4.03. The maximum absolute atomic E-state index is 10.1. The minimum atomic E-state index is -0.443. The van der Waals surface area contributed by atoms with E-state index in [0.29, 0.717) is 6.42 Å². The van der Waals surface area contributed by atoms with Gasteiger partial charge in [0.2, 0.25) is 0 Å². The standard InChI is InChI=1S/C15H17NOS/c17-14(12-4-2-1-3-5-12)9-13-10-18-15(16-13)8-11-6-7-11/h1-5,10-11,14,17H,6-9H2. The molecule has 1 fully saturated rings. The van der Waals surface area contributed by atoms with Gasteiger partial charge in [-0.2, -0.15) is 0 Å². The fourth-order valence-electron chi connectivity index (χ4n) is 2.10. The number of rotatable bonds is 5. The van der Waals surface area contributed by atoms with Gasteiger partial charge in [-0.25, -0.2) is 4.98 Å². The van der Waals surface area contributed by atoms with E-state index in [-0.39, 0.29) is 0 Å². The largest absolute Gasteiger partial charge is 0.388 e. The second kappa shape index (κ2) is 5.21. The summed E-state index contributed by atoms with van der Waals surface area (Å²) in [6.45, 7) is 0. The van der Waals surface area contributed by atoms with Gasteiger partial charge in [-0.15, -0.1) is 11.3 Å². The first-order chi connectivity index (χ1) is 8.81. The quantitative estimate of drug-likeness (QED) is 0.893. The fraction of sp³-hybridized carbons (Fsp3) is 0.400. The van der Waals surface area contributed by atoms with Crippen LogP contribution in [0.25, 0.3) is 0 Å². The summed E-state index contributed by atoms with van der Waals surface area (Å²) >= 11 is 1.73. The van der Waals surface area contributed by atoms with Crippen molar-refractivity contribution in [1.29, 1.82) is 0 Å². The monoisotopic (exact) mass is 259 g/mol. The Hall–Kier alpha value is -1.19. The normalized spacial score (nSPS) is 16.7.